The highest BCUT2D eigenvalue weighted by atomic mass is 35.5. The Morgan fingerprint density at radius 2 is 1.85 bits per heavy atom. The number of hydrogen-bond acceptors (Lipinski definition) is 4. The number of nitrogens with zero attached hydrogens (tertiary/aromatic N) is 5. The van der Waals surface area contributed by atoms with Gasteiger partial charge in [0.05, 0.1) is 23.3 Å². The third kappa shape index (κ3) is 5.03. The highest BCUT2D eigenvalue weighted by Gasteiger charge is 2.34. The van der Waals surface area contributed by atoms with E-state index in [0.29, 0.717) is 34.4 Å². The Labute approximate surface area is 208 Å². The number of halogens is 2. The van der Waals surface area contributed by atoms with Gasteiger partial charge in [-0.15, -0.1) is 10.2 Å². The quantitative estimate of drug-likeness (QED) is 0.533. The van der Waals surface area contributed by atoms with E-state index >= 15 is 0 Å². The summed E-state index contributed by atoms with van der Waals surface area (Å²) in [5.41, 5.74) is 1.90. The van der Waals surface area contributed by atoms with Gasteiger partial charge in [-0.1, -0.05) is 35.3 Å². The minimum absolute atomic E-state index is 0.169. The van der Waals surface area contributed by atoms with Gasteiger partial charge >= 0.3 is 6.03 Å². The van der Waals surface area contributed by atoms with Crippen molar-refractivity contribution in [3.8, 4) is 0 Å². The minimum atomic E-state index is -0.294. The second kappa shape index (κ2) is 10.0. The van der Waals surface area contributed by atoms with E-state index in [1.807, 2.05) is 35.8 Å². The van der Waals surface area contributed by atoms with Gasteiger partial charge in [-0.2, -0.15) is 0 Å². The van der Waals surface area contributed by atoms with Crippen LogP contribution in [0.3, 0.4) is 0 Å². The lowest BCUT2D eigenvalue weighted by Crippen LogP contribution is -2.35. The van der Waals surface area contributed by atoms with Crippen LogP contribution in [0.5, 0.6) is 0 Å². The molecule has 1 N–H and O–H groups in total. The number of carbonyl (C=O) groups is 2. The number of aryl methyl sites for hydroxylation is 1. The van der Waals surface area contributed by atoms with Crippen molar-refractivity contribution in [1.29, 1.82) is 0 Å². The Hall–Kier alpha value is -3.10. The van der Waals surface area contributed by atoms with Crippen molar-refractivity contribution in [2.24, 2.45) is 0 Å². The first-order valence-electron chi connectivity index (χ1n) is 11.0. The number of amides is 3. The average Bonchev–Trinajstić information content (AvgIpc) is 3.43. The molecule has 0 spiro atoms. The van der Waals surface area contributed by atoms with Crippen LogP contribution in [0.15, 0.2) is 42.5 Å². The number of carbonyl (C=O) groups excluding carboxylic acids is 2. The first-order valence-corrected chi connectivity index (χ1v) is 11.7. The zero-order valence-corrected chi connectivity index (χ0v) is 20.8. The van der Waals surface area contributed by atoms with E-state index in [1.165, 1.54) is 4.90 Å². The summed E-state index contributed by atoms with van der Waals surface area (Å²) >= 11 is 12.3. The molecule has 8 nitrogen and oxygen atoms in total. The lowest BCUT2D eigenvalue weighted by molar-refractivity contribution is 0.0827. The number of aromatic nitrogens is 3. The third-order valence-corrected chi connectivity index (χ3v) is 6.47. The molecule has 1 aromatic heterocycles. The number of anilines is 1. The van der Waals surface area contributed by atoms with Crippen molar-refractivity contribution in [2.45, 2.75) is 32.4 Å². The summed E-state index contributed by atoms with van der Waals surface area (Å²) < 4.78 is 2.03. The highest BCUT2D eigenvalue weighted by Crippen LogP contribution is 2.33. The minimum Gasteiger partial charge on any atom is -0.345 e. The number of urea groups is 1. The van der Waals surface area contributed by atoms with Crippen LogP contribution in [0, 0.1) is 6.92 Å². The highest BCUT2D eigenvalue weighted by molar-refractivity contribution is 6.33. The van der Waals surface area contributed by atoms with Gasteiger partial charge in [-0.3, -0.25) is 4.79 Å². The summed E-state index contributed by atoms with van der Waals surface area (Å²) in [6.45, 7) is 3.06. The molecule has 4 rings (SSSR count). The van der Waals surface area contributed by atoms with Crippen LogP contribution < -0.4 is 5.32 Å². The topological polar surface area (TPSA) is 83.4 Å². The second-order valence-electron chi connectivity index (χ2n) is 8.49. The lowest BCUT2D eigenvalue weighted by atomic mass is 10.1. The lowest BCUT2D eigenvalue weighted by Gasteiger charge is -2.25. The number of benzene rings is 2. The van der Waals surface area contributed by atoms with Crippen LogP contribution in [-0.4, -0.2) is 57.1 Å². The summed E-state index contributed by atoms with van der Waals surface area (Å²) in [6, 6.07) is 12.0. The van der Waals surface area contributed by atoms with Crippen molar-refractivity contribution < 1.29 is 9.59 Å². The van der Waals surface area contributed by atoms with Gasteiger partial charge in [0, 0.05) is 31.2 Å². The van der Waals surface area contributed by atoms with E-state index in [2.05, 4.69) is 15.5 Å². The first-order chi connectivity index (χ1) is 16.2. The summed E-state index contributed by atoms with van der Waals surface area (Å²) in [7, 11) is 3.35. The SMILES string of the molecule is Cc1nnc([C@H]2CCCN2C(=O)Nc2cc(C(=O)N(C)C)ccc2Cl)n1Cc1ccc(Cl)cc1. The fourth-order valence-corrected chi connectivity index (χ4v) is 4.38. The number of nitrogens with one attached hydrogen (secondary N) is 1. The van der Waals surface area contributed by atoms with Gasteiger partial charge in [0.15, 0.2) is 5.82 Å². The second-order valence-corrected chi connectivity index (χ2v) is 9.34. The molecule has 10 heteroatoms. The van der Waals surface area contributed by atoms with E-state index in [4.69, 9.17) is 23.2 Å². The van der Waals surface area contributed by atoms with Gasteiger partial charge < -0.3 is 19.7 Å². The molecule has 3 aromatic rings. The summed E-state index contributed by atoms with van der Waals surface area (Å²) in [5.74, 6) is 1.34. The molecule has 0 radical (unpaired) electrons. The molecular formula is C24H26Cl2N6O2. The van der Waals surface area contributed by atoms with E-state index in [1.54, 1.807) is 37.2 Å². The van der Waals surface area contributed by atoms with Gasteiger partial charge in [0.25, 0.3) is 5.91 Å². The maximum atomic E-state index is 13.3. The molecule has 0 unspecified atom stereocenters. The standard InChI is InChI=1S/C24H26Cl2N6O2/c1-15-28-29-22(32(15)14-16-6-9-18(25)10-7-16)21-5-4-12-31(21)24(34)27-20-13-17(8-11-19(20)26)23(33)30(2)3/h6-11,13,21H,4-5,12,14H2,1-3H3,(H,27,34)/t21-/m1/s1. The van der Waals surface area contributed by atoms with Crippen LogP contribution >= 0.6 is 23.2 Å². The molecule has 1 aliphatic heterocycles. The van der Waals surface area contributed by atoms with Crippen LogP contribution in [0.1, 0.15) is 46.5 Å². The monoisotopic (exact) mass is 500 g/mol. The van der Waals surface area contributed by atoms with Crippen LogP contribution in [-0.2, 0) is 6.54 Å². The zero-order chi connectivity index (χ0) is 24.4. The fraction of sp³-hybridized carbons (Fsp3) is 0.333. The summed E-state index contributed by atoms with van der Waals surface area (Å²) in [4.78, 5) is 28.8. The van der Waals surface area contributed by atoms with Gasteiger partial charge in [-0.25, -0.2) is 4.79 Å². The van der Waals surface area contributed by atoms with Gasteiger partial charge in [0.1, 0.15) is 5.82 Å². The van der Waals surface area contributed by atoms with Crippen LogP contribution in [0.2, 0.25) is 10.0 Å². The van der Waals surface area contributed by atoms with Crippen molar-refractivity contribution in [2.75, 3.05) is 26.0 Å². The zero-order valence-electron chi connectivity index (χ0n) is 19.3. The first kappa shape index (κ1) is 24.0. The summed E-state index contributed by atoms with van der Waals surface area (Å²) in [6.07, 6.45) is 1.62. The largest absolute Gasteiger partial charge is 0.345 e. The Balaban J connectivity index is 1.56. The molecule has 34 heavy (non-hydrogen) atoms. The Morgan fingerprint density at radius 3 is 2.56 bits per heavy atom. The third-order valence-electron chi connectivity index (χ3n) is 5.89. The summed E-state index contributed by atoms with van der Waals surface area (Å²) in [5, 5.41) is 12.6. The maximum Gasteiger partial charge on any atom is 0.322 e. The van der Waals surface area contributed by atoms with Crippen molar-refractivity contribution in [3.05, 3.63) is 75.3 Å². The number of likely N-dealkylation sites (tertiary alicyclic amines) is 1. The van der Waals surface area contributed by atoms with E-state index in [-0.39, 0.29) is 18.0 Å². The van der Waals surface area contributed by atoms with Crippen LogP contribution in [0.4, 0.5) is 10.5 Å². The molecule has 2 aromatic carbocycles. The predicted octanol–water partition coefficient (Wildman–Crippen LogP) is 5.01. The molecular weight excluding hydrogens is 475 g/mol. The average molecular weight is 501 g/mol. The number of hydrogen-bond donors (Lipinski definition) is 1. The van der Waals surface area contributed by atoms with Gasteiger partial charge in [-0.05, 0) is 55.7 Å². The maximum absolute atomic E-state index is 13.3. The molecule has 1 atom stereocenters. The molecule has 178 valence electrons. The Morgan fingerprint density at radius 1 is 1.12 bits per heavy atom. The molecule has 1 aliphatic rings. The normalized spacial score (nSPS) is 15.4. The van der Waals surface area contributed by atoms with E-state index in [0.717, 1.165) is 30.1 Å². The smallest absolute Gasteiger partial charge is 0.322 e. The molecule has 0 bridgehead atoms. The molecule has 0 aliphatic carbocycles. The number of rotatable bonds is 5. The predicted molar refractivity (Wildman–Crippen MR) is 132 cm³/mol. The van der Waals surface area contributed by atoms with Gasteiger partial charge in [0.2, 0.25) is 0 Å². The van der Waals surface area contributed by atoms with Crippen molar-refractivity contribution >= 4 is 40.8 Å². The Kier molecular flexibility index (Phi) is 7.09. The van der Waals surface area contributed by atoms with E-state index < -0.39 is 0 Å². The van der Waals surface area contributed by atoms with E-state index in [9.17, 15) is 9.59 Å². The molecule has 3 amide bonds. The fourth-order valence-electron chi connectivity index (χ4n) is 4.09. The molecule has 1 saturated heterocycles. The molecule has 0 saturated carbocycles. The van der Waals surface area contributed by atoms with Crippen molar-refractivity contribution in [1.82, 2.24) is 24.6 Å². The Bertz CT molecular complexity index is 1210. The van der Waals surface area contributed by atoms with Crippen molar-refractivity contribution in [3.63, 3.8) is 0 Å². The molecule has 2 heterocycles. The molecule has 1 fully saturated rings. The van der Waals surface area contributed by atoms with Crippen LogP contribution in [0.25, 0.3) is 0 Å².